The summed E-state index contributed by atoms with van der Waals surface area (Å²) < 4.78 is 0. The number of rotatable bonds is 4. The van der Waals surface area contributed by atoms with Crippen molar-refractivity contribution in [2.45, 2.75) is 25.8 Å². The van der Waals surface area contributed by atoms with E-state index in [9.17, 15) is 0 Å². The SMILES string of the molecule is CC1CCc2ccccc2N1CCNc1ccccc1. The molecular formula is C18H22N2. The van der Waals surface area contributed by atoms with Gasteiger partial charge in [0, 0.05) is 30.5 Å². The van der Waals surface area contributed by atoms with E-state index < -0.39 is 0 Å². The van der Waals surface area contributed by atoms with Crippen LogP contribution in [0.25, 0.3) is 0 Å². The Bertz CT molecular complexity index is 550. The van der Waals surface area contributed by atoms with Crippen molar-refractivity contribution < 1.29 is 0 Å². The molecule has 20 heavy (non-hydrogen) atoms. The number of hydrogen-bond acceptors (Lipinski definition) is 2. The van der Waals surface area contributed by atoms with Gasteiger partial charge >= 0.3 is 0 Å². The monoisotopic (exact) mass is 266 g/mol. The quantitative estimate of drug-likeness (QED) is 0.901. The molecule has 0 aromatic heterocycles. The third kappa shape index (κ3) is 2.79. The molecule has 1 atom stereocenters. The standard InChI is InChI=1S/C18H22N2/c1-15-11-12-16-7-5-6-10-18(16)20(15)14-13-19-17-8-3-2-4-9-17/h2-10,15,19H,11-14H2,1H3. The van der Waals surface area contributed by atoms with E-state index >= 15 is 0 Å². The second kappa shape index (κ2) is 6.00. The van der Waals surface area contributed by atoms with Crippen molar-refractivity contribution in [3.05, 3.63) is 60.2 Å². The van der Waals surface area contributed by atoms with Crippen molar-refractivity contribution in [2.75, 3.05) is 23.3 Å². The molecule has 104 valence electrons. The highest BCUT2D eigenvalue weighted by atomic mass is 15.2. The third-order valence-corrected chi connectivity index (χ3v) is 4.12. The van der Waals surface area contributed by atoms with Gasteiger partial charge in [-0.15, -0.1) is 0 Å². The van der Waals surface area contributed by atoms with Crippen LogP contribution in [0.3, 0.4) is 0 Å². The van der Waals surface area contributed by atoms with Gasteiger partial charge in [0.1, 0.15) is 0 Å². The van der Waals surface area contributed by atoms with Crippen LogP contribution >= 0.6 is 0 Å². The summed E-state index contributed by atoms with van der Waals surface area (Å²) in [6.07, 6.45) is 2.46. The maximum atomic E-state index is 3.50. The molecule has 2 nitrogen and oxygen atoms in total. The average Bonchev–Trinajstić information content (AvgIpc) is 2.50. The van der Waals surface area contributed by atoms with Gasteiger partial charge in [-0.3, -0.25) is 0 Å². The summed E-state index contributed by atoms with van der Waals surface area (Å²) in [5.74, 6) is 0. The topological polar surface area (TPSA) is 15.3 Å². The molecule has 2 aromatic carbocycles. The lowest BCUT2D eigenvalue weighted by Crippen LogP contribution is -2.40. The molecule has 0 saturated carbocycles. The highest BCUT2D eigenvalue weighted by Crippen LogP contribution is 2.29. The summed E-state index contributed by atoms with van der Waals surface area (Å²) in [6, 6.07) is 19.9. The minimum absolute atomic E-state index is 0.627. The Morgan fingerprint density at radius 2 is 1.80 bits per heavy atom. The zero-order chi connectivity index (χ0) is 13.8. The van der Waals surface area contributed by atoms with Crippen LogP contribution in [0.15, 0.2) is 54.6 Å². The summed E-state index contributed by atoms with van der Waals surface area (Å²) >= 11 is 0. The molecule has 0 spiro atoms. The van der Waals surface area contributed by atoms with Crippen LogP contribution in [0.1, 0.15) is 18.9 Å². The molecule has 0 radical (unpaired) electrons. The number of hydrogen-bond donors (Lipinski definition) is 1. The number of fused-ring (bicyclic) bond motifs is 1. The van der Waals surface area contributed by atoms with Crippen LogP contribution in [0.2, 0.25) is 0 Å². The summed E-state index contributed by atoms with van der Waals surface area (Å²) in [7, 11) is 0. The van der Waals surface area contributed by atoms with Crippen molar-refractivity contribution in [2.24, 2.45) is 0 Å². The molecule has 1 N–H and O–H groups in total. The smallest absolute Gasteiger partial charge is 0.0401 e. The fourth-order valence-corrected chi connectivity index (χ4v) is 2.98. The van der Waals surface area contributed by atoms with Gasteiger partial charge in [0.05, 0.1) is 0 Å². The lowest BCUT2D eigenvalue weighted by atomic mass is 9.97. The largest absolute Gasteiger partial charge is 0.383 e. The van der Waals surface area contributed by atoms with Crippen molar-refractivity contribution >= 4 is 11.4 Å². The molecule has 0 amide bonds. The van der Waals surface area contributed by atoms with Crippen LogP contribution in [0, 0.1) is 0 Å². The molecule has 3 rings (SSSR count). The Morgan fingerprint density at radius 1 is 1.05 bits per heavy atom. The molecular weight excluding hydrogens is 244 g/mol. The van der Waals surface area contributed by atoms with E-state index in [0.717, 1.165) is 13.1 Å². The van der Waals surface area contributed by atoms with Gasteiger partial charge in [-0.2, -0.15) is 0 Å². The number of nitrogens with zero attached hydrogens (tertiary/aromatic N) is 1. The van der Waals surface area contributed by atoms with Gasteiger partial charge in [0.15, 0.2) is 0 Å². The van der Waals surface area contributed by atoms with Crippen LogP contribution < -0.4 is 10.2 Å². The predicted octanol–water partition coefficient (Wildman–Crippen LogP) is 3.94. The van der Waals surface area contributed by atoms with E-state index in [1.54, 1.807) is 0 Å². The lowest BCUT2D eigenvalue weighted by molar-refractivity contribution is 0.568. The predicted molar refractivity (Wildman–Crippen MR) is 86.5 cm³/mol. The van der Waals surface area contributed by atoms with Gasteiger partial charge in [-0.25, -0.2) is 0 Å². The van der Waals surface area contributed by atoms with E-state index in [2.05, 4.69) is 65.7 Å². The molecule has 0 aliphatic carbocycles. The number of para-hydroxylation sites is 2. The first-order valence-corrected chi connectivity index (χ1v) is 7.48. The Morgan fingerprint density at radius 3 is 2.65 bits per heavy atom. The van der Waals surface area contributed by atoms with Crippen molar-refractivity contribution in [1.29, 1.82) is 0 Å². The first-order chi connectivity index (χ1) is 9.84. The Balaban J connectivity index is 1.65. The number of anilines is 2. The molecule has 2 aromatic rings. The summed E-state index contributed by atoms with van der Waals surface area (Å²) in [5.41, 5.74) is 4.11. The van der Waals surface area contributed by atoms with Crippen molar-refractivity contribution in [3.8, 4) is 0 Å². The fraction of sp³-hybridized carbons (Fsp3) is 0.333. The van der Waals surface area contributed by atoms with E-state index in [1.807, 2.05) is 6.07 Å². The second-order valence-electron chi connectivity index (χ2n) is 5.50. The third-order valence-electron chi connectivity index (χ3n) is 4.12. The van der Waals surface area contributed by atoms with Crippen LogP contribution in [-0.4, -0.2) is 19.1 Å². The number of benzene rings is 2. The fourth-order valence-electron chi connectivity index (χ4n) is 2.98. The second-order valence-corrected chi connectivity index (χ2v) is 5.50. The van der Waals surface area contributed by atoms with Crippen LogP contribution in [0.4, 0.5) is 11.4 Å². The minimum Gasteiger partial charge on any atom is -0.383 e. The highest BCUT2D eigenvalue weighted by Gasteiger charge is 2.21. The average molecular weight is 266 g/mol. The maximum absolute atomic E-state index is 3.50. The minimum atomic E-state index is 0.627. The molecule has 1 unspecified atom stereocenters. The zero-order valence-electron chi connectivity index (χ0n) is 12.0. The first kappa shape index (κ1) is 13.0. The van der Waals surface area contributed by atoms with Gasteiger partial charge in [-0.05, 0) is 43.5 Å². The lowest BCUT2D eigenvalue weighted by Gasteiger charge is -2.37. The van der Waals surface area contributed by atoms with Gasteiger partial charge in [-0.1, -0.05) is 36.4 Å². The van der Waals surface area contributed by atoms with E-state index in [1.165, 1.54) is 29.8 Å². The molecule has 0 fully saturated rings. The molecule has 2 heteroatoms. The first-order valence-electron chi connectivity index (χ1n) is 7.48. The van der Waals surface area contributed by atoms with Gasteiger partial charge in [0.25, 0.3) is 0 Å². The molecule has 1 heterocycles. The molecule has 0 saturated heterocycles. The van der Waals surface area contributed by atoms with E-state index in [-0.39, 0.29) is 0 Å². The number of nitrogens with one attached hydrogen (secondary N) is 1. The summed E-state index contributed by atoms with van der Waals surface area (Å²) in [6.45, 7) is 4.36. The zero-order valence-corrected chi connectivity index (χ0v) is 12.0. The molecule has 1 aliphatic heterocycles. The van der Waals surface area contributed by atoms with Crippen molar-refractivity contribution in [3.63, 3.8) is 0 Å². The van der Waals surface area contributed by atoms with Crippen LogP contribution in [0.5, 0.6) is 0 Å². The maximum Gasteiger partial charge on any atom is 0.0401 e. The van der Waals surface area contributed by atoms with Crippen molar-refractivity contribution in [1.82, 2.24) is 0 Å². The normalized spacial score (nSPS) is 17.6. The Labute approximate surface area is 121 Å². The number of aryl methyl sites for hydroxylation is 1. The van der Waals surface area contributed by atoms with Gasteiger partial charge < -0.3 is 10.2 Å². The summed E-state index contributed by atoms with van der Waals surface area (Å²) in [5, 5.41) is 3.50. The van der Waals surface area contributed by atoms with Gasteiger partial charge in [0.2, 0.25) is 0 Å². The highest BCUT2D eigenvalue weighted by molar-refractivity contribution is 5.56. The van der Waals surface area contributed by atoms with E-state index in [0.29, 0.717) is 6.04 Å². The molecule has 1 aliphatic rings. The summed E-state index contributed by atoms with van der Waals surface area (Å²) in [4.78, 5) is 2.54. The Hall–Kier alpha value is -1.96. The Kier molecular flexibility index (Phi) is 3.91. The molecule has 0 bridgehead atoms. The van der Waals surface area contributed by atoms with Crippen LogP contribution in [-0.2, 0) is 6.42 Å². The van der Waals surface area contributed by atoms with E-state index in [4.69, 9.17) is 0 Å².